The van der Waals surface area contributed by atoms with Gasteiger partial charge < -0.3 is 10.5 Å². The maximum atomic E-state index is 5.93. The number of methoxy groups -OCH3 is 1. The van der Waals surface area contributed by atoms with Gasteiger partial charge in [-0.3, -0.25) is 4.68 Å². The Labute approximate surface area is 91.4 Å². The minimum absolute atomic E-state index is 0.105. The Kier molecular flexibility index (Phi) is 4.78. The molecule has 2 unspecified atom stereocenters. The molecule has 4 nitrogen and oxygen atoms in total. The second kappa shape index (κ2) is 5.88. The number of nitrogens with two attached hydrogens (primary N) is 1. The van der Waals surface area contributed by atoms with E-state index in [1.165, 1.54) is 0 Å². The third-order valence-corrected chi connectivity index (χ3v) is 2.68. The molecule has 0 aromatic carbocycles. The van der Waals surface area contributed by atoms with Crippen molar-refractivity contribution in [3.63, 3.8) is 0 Å². The molecule has 0 aliphatic heterocycles. The van der Waals surface area contributed by atoms with E-state index in [0.717, 1.165) is 25.0 Å². The SMILES string of the molecule is CCC(N)c1cnn(C(C)CCOC)c1. The van der Waals surface area contributed by atoms with Gasteiger partial charge in [0, 0.05) is 31.5 Å². The van der Waals surface area contributed by atoms with Gasteiger partial charge in [-0.2, -0.15) is 5.10 Å². The van der Waals surface area contributed by atoms with Crippen molar-refractivity contribution in [2.45, 2.75) is 38.8 Å². The van der Waals surface area contributed by atoms with Crippen LogP contribution in [0.5, 0.6) is 0 Å². The average molecular weight is 211 g/mol. The summed E-state index contributed by atoms with van der Waals surface area (Å²) in [5.41, 5.74) is 7.04. The van der Waals surface area contributed by atoms with Crippen molar-refractivity contribution in [1.29, 1.82) is 0 Å². The molecule has 1 rings (SSSR count). The van der Waals surface area contributed by atoms with Crippen LogP contribution in [0.1, 0.15) is 44.3 Å². The smallest absolute Gasteiger partial charge is 0.0537 e. The molecule has 0 amide bonds. The van der Waals surface area contributed by atoms with E-state index >= 15 is 0 Å². The number of rotatable bonds is 6. The molecule has 0 aliphatic rings. The minimum Gasteiger partial charge on any atom is -0.385 e. The van der Waals surface area contributed by atoms with Gasteiger partial charge in [-0.1, -0.05) is 6.92 Å². The molecule has 0 fully saturated rings. The van der Waals surface area contributed by atoms with E-state index in [2.05, 4.69) is 18.9 Å². The number of hydrogen-bond acceptors (Lipinski definition) is 3. The molecular formula is C11H21N3O. The molecular weight excluding hydrogens is 190 g/mol. The summed E-state index contributed by atoms with van der Waals surface area (Å²) in [6.45, 7) is 4.97. The zero-order valence-corrected chi connectivity index (χ0v) is 9.81. The van der Waals surface area contributed by atoms with Crippen LogP contribution < -0.4 is 5.73 Å². The lowest BCUT2D eigenvalue weighted by molar-refractivity contribution is 0.178. The van der Waals surface area contributed by atoms with Crippen LogP contribution in [0, 0.1) is 0 Å². The zero-order chi connectivity index (χ0) is 11.3. The summed E-state index contributed by atoms with van der Waals surface area (Å²) in [6, 6.07) is 0.469. The van der Waals surface area contributed by atoms with Crippen LogP contribution in [0.15, 0.2) is 12.4 Å². The van der Waals surface area contributed by atoms with Gasteiger partial charge in [0.05, 0.1) is 12.2 Å². The first-order valence-corrected chi connectivity index (χ1v) is 5.47. The largest absolute Gasteiger partial charge is 0.385 e. The van der Waals surface area contributed by atoms with E-state index in [9.17, 15) is 0 Å². The summed E-state index contributed by atoms with van der Waals surface area (Å²) in [6.07, 6.45) is 5.81. The van der Waals surface area contributed by atoms with Gasteiger partial charge in [0.15, 0.2) is 0 Å². The van der Waals surface area contributed by atoms with Crippen LogP contribution in [-0.2, 0) is 4.74 Å². The van der Waals surface area contributed by atoms with Gasteiger partial charge >= 0.3 is 0 Å². The summed E-state index contributed by atoms with van der Waals surface area (Å²) in [5, 5.41) is 4.32. The molecule has 0 saturated heterocycles. The topological polar surface area (TPSA) is 53.1 Å². The lowest BCUT2D eigenvalue weighted by atomic mass is 10.1. The molecule has 0 aliphatic carbocycles. The fourth-order valence-electron chi connectivity index (χ4n) is 1.44. The maximum absolute atomic E-state index is 5.93. The Hall–Kier alpha value is -0.870. The van der Waals surface area contributed by atoms with Crippen molar-refractivity contribution in [2.24, 2.45) is 5.73 Å². The van der Waals surface area contributed by atoms with Gasteiger partial charge in [0.25, 0.3) is 0 Å². The van der Waals surface area contributed by atoms with Gasteiger partial charge in [-0.15, -0.1) is 0 Å². The number of aromatic nitrogens is 2. The van der Waals surface area contributed by atoms with Gasteiger partial charge in [-0.05, 0) is 19.8 Å². The fourth-order valence-corrected chi connectivity index (χ4v) is 1.44. The highest BCUT2D eigenvalue weighted by atomic mass is 16.5. The van der Waals surface area contributed by atoms with Crippen molar-refractivity contribution in [3.8, 4) is 0 Å². The van der Waals surface area contributed by atoms with Crippen molar-refractivity contribution in [3.05, 3.63) is 18.0 Å². The summed E-state index contributed by atoms with van der Waals surface area (Å²) in [7, 11) is 1.72. The molecule has 86 valence electrons. The first-order valence-electron chi connectivity index (χ1n) is 5.47. The van der Waals surface area contributed by atoms with E-state index in [4.69, 9.17) is 10.5 Å². The Bertz CT molecular complexity index is 285. The Morgan fingerprint density at radius 1 is 1.60 bits per heavy atom. The summed E-state index contributed by atoms with van der Waals surface area (Å²) >= 11 is 0. The zero-order valence-electron chi connectivity index (χ0n) is 9.81. The highest BCUT2D eigenvalue weighted by molar-refractivity contribution is 5.09. The molecule has 2 N–H and O–H groups in total. The van der Waals surface area contributed by atoms with Gasteiger partial charge in [0.2, 0.25) is 0 Å². The first kappa shape index (κ1) is 12.2. The van der Waals surface area contributed by atoms with Crippen molar-refractivity contribution >= 4 is 0 Å². The quantitative estimate of drug-likeness (QED) is 0.781. The molecule has 1 heterocycles. The molecule has 2 atom stereocenters. The Morgan fingerprint density at radius 2 is 2.33 bits per heavy atom. The average Bonchev–Trinajstić information content (AvgIpc) is 2.74. The van der Waals surface area contributed by atoms with Crippen molar-refractivity contribution < 1.29 is 4.74 Å². The summed E-state index contributed by atoms with van der Waals surface area (Å²) in [4.78, 5) is 0. The molecule has 4 heteroatoms. The second-order valence-electron chi connectivity index (χ2n) is 3.90. The third-order valence-electron chi connectivity index (χ3n) is 2.68. The standard InChI is InChI=1S/C11H21N3O/c1-4-11(12)10-7-13-14(8-10)9(2)5-6-15-3/h7-9,11H,4-6,12H2,1-3H3. The number of ether oxygens (including phenoxy) is 1. The highest BCUT2D eigenvalue weighted by Crippen LogP contribution is 2.16. The second-order valence-corrected chi connectivity index (χ2v) is 3.90. The van der Waals surface area contributed by atoms with E-state index in [1.54, 1.807) is 7.11 Å². The van der Waals surface area contributed by atoms with Crippen LogP contribution in [-0.4, -0.2) is 23.5 Å². The van der Waals surface area contributed by atoms with Crippen molar-refractivity contribution in [2.75, 3.05) is 13.7 Å². The monoisotopic (exact) mass is 211 g/mol. The van der Waals surface area contributed by atoms with E-state index in [1.807, 2.05) is 17.1 Å². The predicted octanol–water partition coefficient (Wildman–Crippen LogP) is 1.89. The van der Waals surface area contributed by atoms with E-state index in [-0.39, 0.29) is 6.04 Å². The van der Waals surface area contributed by atoms with Crippen LogP contribution in [0.25, 0.3) is 0 Å². The molecule has 1 aromatic heterocycles. The van der Waals surface area contributed by atoms with E-state index in [0.29, 0.717) is 6.04 Å². The number of hydrogen-bond donors (Lipinski definition) is 1. The van der Waals surface area contributed by atoms with Gasteiger partial charge in [-0.25, -0.2) is 0 Å². The fraction of sp³-hybridized carbons (Fsp3) is 0.727. The predicted molar refractivity (Wildman–Crippen MR) is 60.7 cm³/mol. The third kappa shape index (κ3) is 3.32. The molecule has 0 spiro atoms. The first-order chi connectivity index (χ1) is 7.19. The van der Waals surface area contributed by atoms with Crippen LogP contribution in [0.3, 0.4) is 0 Å². The molecule has 15 heavy (non-hydrogen) atoms. The lowest BCUT2D eigenvalue weighted by Gasteiger charge is -2.11. The molecule has 0 bridgehead atoms. The van der Waals surface area contributed by atoms with Crippen molar-refractivity contribution in [1.82, 2.24) is 9.78 Å². The van der Waals surface area contributed by atoms with Crippen LogP contribution >= 0.6 is 0 Å². The number of nitrogens with zero attached hydrogens (tertiary/aromatic N) is 2. The highest BCUT2D eigenvalue weighted by Gasteiger charge is 2.09. The normalized spacial score (nSPS) is 15.2. The minimum atomic E-state index is 0.105. The molecule has 0 saturated carbocycles. The Morgan fingerprint density at radius 3 is 2.93 bits per heavy atom. The molecule has 1 aromatic rings. The van der Waals surface area contributed by atoms with Crippen LogP contribution in [0.2, 0.25) is 0 Å². The Balaban J connectivity index is 2.58. The lowest BCUT2D eigenvalue weighted by Crippen LogP contribution is -2.09. The van der Waals surface area contributed by atoms with Crippen LogP contribution in [0.4, 0.5) is 0 Å². The maximum Gasteiger partial charge on any atom is 0.0537 e. The van der Waals surface area contributed by atoms with Gasteiger partial charge in [0.1, 0.15) is 0 Å². The molecule has 0 radical (unpaired) electrons. The summed E-state index contributed by atoms with van der Waals surface area (Å²) < 4.78 is 7.01. The van der Waals surface area contributed by atoms with E-state index < -0.39 is 0 Å². The summed E-state index contributed by atoms with van der Waals surface area (Å²) in [5.74, 6) is 0.